The average Bonchev–Trinajstić information content (AvgIpc) is 2.30. The molecule has 0 heterocycles. The van der Waals surface area contributed by atoms with Gasteiger partial charge in [-0.15, -0.1) is 0 Å². The summed E-state index contributed by atoms with van der Waals surface area (Å²) in [5.41, 5.74) is 0.785. The van der Waals surface area contributed by atoms with Gasteiger partial charge >= 0.3 is 0 Å². The van der Waals surface area contributed by atoms with E-state index in [9.17, 15) is 5.11 Å². The maximum atomic E-state index is 9.25. The number of para-hydroxylation sites is 1. The van der Waals surface area contributed by atoms with E-state index < -0.39 is 12.2 Å². The van der Waals surface area contributed by atoms with Gasteiger partial charge in [0.25, 0.3) is 0 Å². The predicted octanol–water partition coefficient (Wildman–Crippen LogP) is 1.13. The van der Waals surface area contributed by atoms with Crippen LogP contribution in [0, 0.1) is 0 Å². The predicted molar refractivity (Wildman–Crippen MR) is 60.5 cm³/mol. The molecule has 0 radical (unpaired) electrons. The normalized spacial score (nSPS) is 14.5. The first-order chi connectivity index (χ1) is 7.69. The molecule has 1 rings (SSSR count). The Balaban J connectivity index is 2.77. The molecule has 1 aromatic carbocycles. The molecule has 2 N–H and O–H groups in total. The summed E-state index contributed by atoms with van der Waals surface area (Å²) in [6.07, 6.45) is -1.02. The van der Waals surface area contributed by atoms with Crippen LogP contribution in [-0.4, -0.2) is 36.6 Å². The Hall–Kier alpha value is -1.10. The van der Waals surface area contributed by atoms with Gasteiger partial charge in [0.15, 0.2) is 0 Å². The van der Waals surface area contributed by atoms with Crippen molar-refractivity contribution < 1.29 is 19.7 Å². The van der Waals surface area contributed by atoms with Crippen molar-refractivity contribution in [2.75, 3.05) is 20.3 Å². The van der Waals surface area contributed by atoms with E-state index in [4.69, 9.17) is 14.6 Å². The van der Waals surface area contributed by atoms with E-state index in [0.717, 1.165) is 5.56 Å². The van der Waals surface area contributed by atoms with E-state index in [1.165, 1.54) is 0 Å². The molecule has 0 amide bonds. The summed E-state index contributed by atoms with van der Waals surface area (Å²) in [5, 5.41) is 18.4. The quantitative estimate of drug-likeness (QED) is 0.763. The van der Waals surface area contributed by atoms with E-state index in [2.05, 4.69) is 0 Å². The maximum Gasteiger partial charge on any atom is 0.124 e. The zero-order valence-electron chi connectivity index (χ0n) is 9.59. The third-order valence-electron chi connectivity index (χ3n) is 2.19. The van der Waals surface area contributed by atoms with Gasteiger partial charge in [0.2, 0.25) is 0 Å². The third-order valence-corrected chi connectivity index (χ3v) is 2.19. The number of ether oxygens (including phenoxy) is 2. The van der Waals surface area contributed by atoms with Crippen LogP contribution in [0.5, 0.6) is 5.75 Å². The van der Waals surface area contributed by atoms with Crippen molar-refractivity contribution in [3.8, 4) is 5.75 Å². The lowest BCUT2D eigenvalue weighted by Crippen LogP contribution is -2.17. The Labute approximate surface area is 95.4 Å². The highest BCUT2D eigenvalue weighted by Gasteiger charge is 2.16. The van der Waals surface area contributed by atoms with Gasteiger partial charge in [-0.05, 0) is 13.0 Å². The molecule has 0 aliphatic heterocycles. The van der Waals surface area contributed by atoms with Crippen LogP contribution in [0.15, 0.2) is 24.3 Å². The van der Waals surface area contributed by atoms with Gasteiger partial charge < -0.3 is 19.7 Å². The summed E-state index contributed by atoms with van der Waals surface area (Å²) < 4.78 is 10.6. The molecule has 0 bridgehead atoms. The van der Waals surface area contributed by atoms with Crippen LogP contribution < -0.4 is 4.74 Å². The first kappa shape index (κ1) is 13.0. The highest BCUT2D eigenvalue weighted by atomic mass is 16.5. The molecule has 1 unspecified atom stereocenters. The van der Waals surface area contributed by atoms with Gasteiger partial charge in [-0.2, -0.15) is 0 Å². The number of methoxy groups -OCH3 is 1. The van der Waals surface area contributed by atoms with Crippen LogP contribution in [0.3, 0.4) is 0 Å². The Morgan fingerprint density at radius 3 is 2.56 bits per heavy atom. The van der Waals surface area contributed by atoms with Crippen LogP contribution in [0.2, 0.25) is 0 Å². The molecule has 1 aromatic rings. The van der Waals surface area contributed by atoms with Gasteiger partial charge in [0, 0.05) is 5.56 Å². The highest BCUT2D eigenvalue weighted by molar-refractivity contribution is 5.35. The zero-order valence-corrected chi connectivity index (χ0v) is 9.59. The SMILES string of the molecule is COc1ccccc1C(CO)OC[C@@H](C)O. The first-order valence-corrected chi connectivity index (χ1v) is 5.22. The van der Waals surface area contributed by atoms with Gasteiger partial charge in [-0.1, -0.05) is 18.2 Å². The fraction of sp³-hybridized carbons (Fsp3) is 0.500. The van der Waals surface area contributed by atoms with E-state index in [0.29, 0.717) is 5.75 Å². The van der Waals surface area contributed by atoms with Gasteiger partial charge in [-0.3, -0.25) is 0 Å². The lowest BCUT2D eigenvalue weighted by atomic mass is 10.1. The van der Waals surface area contributed by atoms with Gasteiger partial charge in [0.1, 0.15) is 11.9 Å². The van der Waals surface area contributed by atoms with Crippen LogP contribution >= 0.6 is 0 Å². The standard InChI is InChI=1S/C12H18O4/c1-9(14)8-16-12(7-13)10-5-3-4-6-11(10)15-2/h3-6,9,12-14H,7-8H2,1-2H3/t9-,12?/m1/s1. The second-order valence-corrected chi connectivity index (χ2v) is 3.60. The summed E-state index contributed by atoms with van der Waals surface area (Å²) >= 11 is 0. The number of hydrogen-bond donors (Lipinski definition) is 2. The largest absolute Gasteiger partial charge is 0.496 e. The molecule has 2 atom stereocenters. The zero-order chi connectivity index (χ0) is 12.0. The number of aliphatic hydroxyl groups is 2. The number of aliphatic hydroxyl groups excluding tert-OH is 2. The van der Waals surface area contributed by atoms with E-state index >= 15 is 0 Å². The molecular weight excluding hydrogens is 208 g/mol. The molecule has 0 aromatic heterocycles. The van der Waals surface area contributed by atoms with Crippen molar-refractivity contribution >= 4 is 0 Å². The minimum atomic E-state index is -0.552. The smallest absolute Gasteiger partial charge is 0.124 e. The first-order valence-electron chi connectivity index (χ1n) is 5.22. The summed E-state index contributed by atoms with van der Waals surface area (Å²) in [6.45, 7) is 1.67. The van der Waals surface area contributed by atoms with Crippen LogP contribution in [0.1, 0.15) is 18.6 Å². The molecule has 0 aliphatic carbocycles. The van der Waals surface area contributed by atoms with Crippen molar-refractivity contribution in [1.29, 1.82) is 0 Å². The minimum absolute atomic E-state index is 0.146. The lowest BCUT2D eigenvalue weighted by Gasteiger charge is -2.19. The van der Waals surface area contributed by atoms with Crippen LogP contribution in [0.4, 0.5) is 0 Å². The van der Waals surface area contributed by atoms with Crippen molar-refractivity contribution in [3.63, 3.8) is 0 Å². The molecular formula is C12H18O4. The maximum absolute atomic E-state index is 9.25. The fourth-order valence-electron chi connectivity index (χ4n) is 1.43. The average molecular weight is 226 g/mol. The van der Waals surface area contributed by atoms with Gasteiger partial charge in [0.05, 0.1) is 26.4 Å². The highest BCUT2D eigenvalue weighted by Crippen LogP contribution is 2.26. The van der Waals surface area contributed by atoms with Crippen molar-refractivity contribution in [1.82, 2.24) is 0 Å². The Morgan fingerprint density at radius 2 is 2.00 bits per heavy atom. The molecule has 0 saturated heterocycles. The molecule has 0 aliphatic rings. The molecule has 0 fully saturated rings. The summed E-state index contributed by atoms with van der Waals surface area (Å²) in [6, 6.07) is 7.35. The number of rotatable bonds is 6. The second-order valence-electron chi connectivity index (χ2n) is 3.60. The van der Waals surface area contributed by atoms with Crippen LogP contribution in [-0.2, 0) is 4.74 Å². The van der Waals surface area contributed by atoms with E-state index in [1.54, 1.807) is 14.0 Å². The molecule has 4 heteroatoms. The molecule has 16 heavy (non-hydrogen) atoms. The van der Waals surface area contributed by atoms with E-state index in [-0.39, 0.29) is 13.2 Å². The third kappa shape index (κ3) is 3.48. The molecule has 0 spiro atoms. The van der Waals surface area contributed by atoms with Gasteiger partial charge in [-0.25, -0.2) is 0 Å². The fourth-order valence-corrected chi connectivity index (χ4v) is 1.43. The molecule has 4 nitrogen and oxygen atoms in total. The molecule has 90 valence electrons. The molecule has 0 saturated carbocycles. The topological polar surface area (TPSA) is 58.9 Å². The van der Waals surface area contributed by atoms with Crippen molar-refractivity contribution in [2.45, 2.75) is 19.1 Å². The minimum Gasteiger partial charge on any atom is -0.496 e. The Kier molecular flexibility index (Phi) is 5.25. The lowest BCUT2D eigenvalue weighted by molar-refractivity contribution is -0.0290. The second kappa shape index (κ2) is 6.48. The summed E-state index contributed by atoms with van der Waals surface area (Å²) in [4.78, 5) is 0. The van der Waals surface area contributed by atoms with E-state index in [1.807, 2.05) is 24.3 Å². The summed E-state index contributed by atoms with van der Waals surface area (Å²) in [7, 11) is 1.57. The number of hydrogen-bond acceptors (Lipinski definition) is 4. The monoisotopic (exact) mass is 226 g/mol. The number of benzene rings is 1. The Bertz CT molecular complexity index is 312. The summed E-state index contributed by atoms with van der Waals surface area (Å²) in [5.74, 6) is 0.673. The van der Waals surface area contributed by atoms with Crippen molar-refractivity contribution in [3.05, 3.63) is 29.8 Å². The van der Waals surface area contributed by atoms with Crippen molar-refractivity contribution in [2.24, 2.45) is 0 Å². The Morgan fingerprint density at radius 1 is 1.31 bits per heavy atom. The van der Waals surface area contributed by atoms with Crippen LogP contribution in [0.25, 0.3) is 0 Å².